The van der Waals surface area contributed by atoms with Crippen LogP contribution in [-0.2, 0) is 0 Å². The summed E-state index contributed by atoms with van der Waals surface area (Å²) in [5.74, 6) is -1.78. The van der Waals surface area contributed by atoms with Crippen LogP contribution in [0.3, 0.4) is 0 Å². The minimum atomic E-state index is -0.749. The summed E-state index contributed by atoms with van der Waals surface area (Å²) in [6.45, 7) is 1.65. The van der Waals surface area contributed by atoms with E-state index in [1.165, 1.54) is 28.9 Å². The zero-order chi connectivity index (χ0) is 18.4. The first kappa shape index (κ1) is 22.7. The first-order valence-corrected chi connectivity index (χ1v) is 7.64. The fourth-order valence-electron chi connectivity index (χ4n) is 2.80. The Kier molecular flexibility index (Phi) is 7.19. The van der Waals surface area contributed by atoms with Gasteiger partial charge >= 0.3 is 59.1 Å². The van der Waals surface area contributed by atoms with Crippen LogP contribution in [0.15, 0.2) is 42.6 Å². The zero-order valence-electron chi connectivity index (χ0n) is 13.5. The fraction of sp³-hybridized carbons (Fsp3) is 0.0556. The summed E-state index contributed by atoms with van der Waals surface area (Å²) in [6.07, 6.45) is 1.40. The molecular weight excluding hydrogens is 388 g/mol. The van der Waals surface area contributed by atoms with Gasteiger partial charge in [-0.15, -0.1) is 0 Å². The number of aromatic hydroxyl groups is 2. The van der Waals surface area contributed by atoms with Crippen LogP contribution < -0.4 is 0 Å². The summed E-state index contributed by atoms with van der Waals surface area (Å²) in [5, 5.41) is 23.8. The third-order valence-corrected chi connectivity index (χ3v) is 3.99. The summed E-state index contributed by atoms with van der Waals surface area (Å²) in [7, 11) is 0. The predicted octanol–water partition coefficient (Wildman–Crippen LogP) is 2.16. The van der Waals surface area contributed by atoms with Gasteiger partial charge in [0.2, 0.25) is 11.8 Å². The van der Waals surface area contributed by atoms with Gasteiger partial charge in [0.25, 0.3) is 0 Å². The van der Waals surface area contributed by atoms with Crippen LogP contribution in [0.5, 0.6) is 11.8 Å². The van der Waals surface area contributed by atoms with Crippen molar-refractivity contribution in [2.45, 2.75) is 6.92 Å². The second kappa shape index (κ2) is 8.86. The molecule has 0 saturated carbocycles. The molecule has 1 aromatic carbocycles. The molecule has 0 radical (unpaired) electrons. The Morgan fingerprint density at radius 2 is 1.75 bits per heavy atom. The van der Waals surface area contributed by atoms with Gasteiger partial charge in [0.05, 0.1) is 17.0 Å². The summed E-state index contributed by atoms with van der Waals surface area (Å²) >= 11 is 0. The Bertz CT molecular complexity index is 1150. The van der Waals surface area contributed by atoms with E-state index in [-0.39, 0.29) is 82.1 Å². The van der Waals surface area contributed by atoms with Crippen molar-refractivity contribution < 1.29 is 19.0 Å². The summed E-state index contributed by atoms with van der Waals surface area (Å²) < 4.78 is 28.7. The Morgan fingerprint density at radius 1 is 1.00 bits per heavy atom. The van der Waals surface area contributed by atoms with Crippen molar-refractivity contribution in [3.63, 3.8) is 0 Å². The van der Waals surface area contributed by atoms with E-state index >= 15 is 0 Å². The molecule has 0 aliphatic carbocycles. The molecule has 0 aliphatic heterocycles. The van der Waals surface area contributed by atoms with E-state index in [2.05, 4.69) is 15.1 Å². The van der Waals surface area contributed by atoms with Crippen LogP contribution in [0.4, 0.5) is 8.78 Å². The monoisotopic (exact) mass is 402 g/mol. The Balaban J connectivity index is 0.00000140. The molecule has 2 N–H and O–H groups in total. The molecule has 3 heterocycles. The van der Waals surface area contributed by atoms with Crippen molar-refractivity contribution in [2.24, 2.45) is 0 Å². The van der Waals surface area contributed by atoms with Gasteiger partial charge < -0.3 is 10.2 Å². The van der Waals surface area contributed by atoms with Gasteiger partial charge in [-0.05, 0) is 25.1 Å². The normalized spacial score (nSPS) is 10.4. The van der Waals surface area contributed by atoms with E-state index in [1.54, 1.807) is 13.0 Å². The van der Waals surface area contributed by atoms with Crippen molar-refractivity contribution in [3.8, 4) is 34.1 Å². The van der Waals surface area contributed by atoms with Gasteiger partial charge in [0, 0.05) is 35.5 Å². The van der Waals surface area contributed by atoms with Crippen LogP contribution in [0.2, 0.25) is 0 Å². The van der Waals surface area contributed by atoms with Crippen LogP contribution in [0.1, 0.15) is 5.69 Å². The second-order valence-electron chi connectivity index (χ2n) is 5.72. The summed E-state index contributed by atoms with van der Waals surface area (Å²) in [6, 6.07) is 7.60. The van der Waals surface area contributed by atoms with Gasteiger partial charge in [-0.2, -0.15) is 9.61 Å². The molecule has 4 rings (SSSR count). The van der Waals surface area contributed by atoms with Gasteiger partial charge in [-0.1, -0.05) is 0 Å². The van der Waals surface area contributed by atoms with Gasteiger partial charge in [-0.25, -0.2) is 18.7 Å². The van der Waals surface area contributed by atoms with Crippen LogP contribution in [0, 0.1) is 18.6 Å². The topological polar surface area (TPSA) is 83.5 Å². The number of benzene rings is 1. The molecule has 0 aliphatic rings. The Hall–Kier alpha value is -1.55. The van der Waals surface area contributed by atoms with Crippen molar-refractivity contribution in [1.29, 1.82) is 0 Å². The zero-order valence-corrected chi connectivity index (χ0v) is 13.5. The molecule has 3 aromatic heterocycles. The van der Waals surface area contributed by atoms with Gasteiger partial charge in [0.1, 0.15) is 11.6 Å². The standard InChI is InChI=1S/C18H12F2N4O2.2Na.2H/c1-9-17(12-4-3-11(19)6-13(12)20)18-22-14(7-16(26)24(18)23-9)10-2-5-15(25)21-8-10;;;;/h2-8,26H,1H3,(H,21,25);;;;. The summed E-state index contributed by atoms with van der Waals surface area (Å²) in [5.41, 5.74) is 2.05. The number of hydrogen-bond acceptors (Lipinski definition) is 5. The van der Waals surface area contributed by atoms with Crippen LogP contribution >= 0.6 is 0 Å². The number of halogens is 2. The first-order valence-electron chi connectivity index (χ1n) is 7.64. The molecule has 134 valence electrons. The predicted molar refractivity (Wildman–Crippen MR) is 104 cm³/mol. The van der Waals surface area contributed by atoms with E-state index in [1.807, 2.05) is 0 Å². The Morgan fingerprint density at radius 3 is 2.39 bits per heavy atom. The average Bonchev–Trinajstić information content (AvgIpc) is 2.92. The van der Waals surface area contributed by atoms with Crippen LogP contribution in [-0.4, -0.2) is 88.9 Å². The molecule has 0 amide bonds. The summed E-state index contributed by atoms with van der Waals surface area (Å²) in [4.78, 5) is 8.24. The molecule has 4 aromatic rings. The third kappa shape index (κ3) is 4.07. The van der Waals surface area contributed by atoms with E-state index in [4.69, 9.17) is 0 Å². The SMILES string of the molecule is Cc1nn2c(O)cc(-c3ccc(O)nc3)nc2c1-c1ccc(F)cc1F.[NaH].[NaH]. The maximum atomic E-state index is 14.3. The van der Waals surface area contributed by atoms with E-state index in [9.17, 15) is 19.0 Å². The minimum absolute atomic E-state index is 0. The molecular formula is C18H14F2N4Na2O2. The molecule has 0 bridgehead atoms. The molecule has 0 fully saturated rings. The maximum absolute atomic E-state index is 14.3. The van der Waals surface area contributed by atoms with E-state index < -0.39 is 11.6 Å². The third-order valence-electron chi connectivity index (χ3n) is 3.99. The van der Waals surface area contributed by atoms with E-state index in [0.29, 0.717) is 22.5 Å². The van der Waals surface area contributed by atoms with Crippen LogP contribution in [0.25, 0.3) is 28.0 Å². The Labute approximate surface area is 202 Å². The van der Waals surface area contributed by atoms with E-state index in [0.717, 1.165) is 12.1 Å². The molecule has 10 heteroatoms. The van der Waals surface area contributed by atoms with Crippen molar-refractivity contribution in [3.05, 3.63) is 59.9 Å². The van der Waals surface area contributed by atoms with Gasteiger partial charge in [0.15, 0.2) is 5.65 Å². The number of fused-ring (bicyclic) bond motifs is 1. The number of aryl methyl sites for hydroxylation is 1. The molecule has 6 nitrogen and oxygen atoms in total. The quantitative estimate of drug-likeness (QED) is 0.502. The van der Waals surface area contributed by atoms with Gasteiger partial charge in [-0.3, -0.25) is 0 Å². The number of nitrogens with zero attached hydrogens (tertiary/aromatic N) is 4. The number of hydrogen-bond donors (Lipinski definition) is 2. The van der Waals surface area contributed by atoms with Crippen molar-refractivity contribution in [1.82, 2.24) is 19.6 Å². The second-order valence-corrected chi connectivity index (χ2v) is 5.72. The molecule has 0 unspecified atom stereocenters. The average molecular weight is 402 g/mol. The van der Waals surface area contributed by atoms with Crippen molar-refractivity contribution in [2.75, 3.05) is 0 Å². The number of aromatic nitrogens is 4. The number of pyridine rings is 1. The molecule has 0 atom stereocenters. The van der Waals surface area contributed by atoms with Crippen molar-refractivity contribution >= 4 is 64.8 Å². The molecule has 0 saturated heterocycles. The molecule has 0 spiro atoms. The fourth-order valence-corrected chi connectivity index (χ4v) is 2.80. The number of rotatable bonds is 2. The first-order chi connectivity index (χ1) is 12.4. The molecule has 28 heavy (non-hydrogen) atoms.